The zero-order valence-corrected chi connectivity index (χ0v) is 13.6. The molecular weight excluding hydrogens is 328 g/mol. The number of carbonyl (C=O) groups is 1. The van der Waals surface area contributed by atoms with Crippen LogP contribution in [0.5, 0.6) is 5.75 Å². The largest absolute Gasteiger partial charge is 0.481 e. The highest BCUT2D eigenvalue weighted by Gasteiger charge is 2.16. The van der Waals surface area contributed by atoms with Gasteiger partial charge in [-0.05, 0) is 42.6 Å². The zero-order valence-electron chi connectivity index (χ0n) is 12.9. The van der Waals surface area contributed by atoms with Crippen molar-refractivity contribution in [3.8, 4) is 5.75 Å². The summed E-state index contributed by atoms with van der Waals surface area (Å²) in [5, 5.41) is 4.18. The number of ether oxygens (including phenoxy) is 1. The number of hydrogen-bond acceptors (Lipinski definition) is 3. The second-order valence-electron chi connectivity index (χ2n) is 5.29. The van der Waals surface area contributed by atoms with Crippen LogP contribution in [0, 0.1) is 0 Å². The van der Waals surface area contributed by atoms with Crippen molar-refractivity contribution in [3.63, 3.8) is 0 Å². The highest BCUT2D eigenvalue weighted by Crippen LogP contribution is 2.26. The molecule has 3 rings (SSSR count). The van der Waals surface area contributed by atoms with E-state index in [1.54, 1.807) is 37.4 Å². The highest BCUT2D eigenvalue weighted by molar-refractivity contribution is 6.34. The van der Waals surface area contributed by atoms with E-state index in [1.807, 2.05) is 18.2 Å². The molecule has 1 aromatic heterocycles. The summed E-state index contributed by atoms with van der Waals surface area (Å²) in [7, 11) is 0. The Kier molecular flexibility index (Phi) is 4.53. The summed E-state index contributed by atoms with van der Waals surface area (Å²) in [6.07, 6.45) is 0.851. The van der Waals surface area contributed by atoms with Gasteiger partial charge in [-0.1, -0.05) is 29.8 Å². The minimum atomic E-state index is -0.696. The number of carbonyl (C=O) groups excluding carboxylic acids is 1. The molecule has 5 nitrogen and oxygen atoms in total. The van der Waals surface area contributed by atoms with Gasteiger partial charge in [-0.3, -0.25) is 9.59 Å². The highest BCUT2D eigenvalue weighted by atomic mass is 35.5. The van der Waals surface area contributed by atoms with E-state index in [0.717, 1.165) is 0 Å². The first-order valence-electron chi connectivity index (χ1n) is 7.38. The predicted octanol–water partition coefficient (Wildman–Crippen LogP) is 3.59. The minimum absolute atomic E-state index is 0.229. The van der Waals surface area contributed by atoms with Crippen LogP contribution in [0.15, 0.2) is 59.5 Å². The van der Waals surface area contributed by atoms with E-state index in [2.05, 4.69) is 10.3 Å². The summed E-state index contributed by atoms with van der Waals surface area (Å²) in [5.74, 6) is 0.279. The second kappa shape index (κ2) is 6.76. The molecule has 0 unspecified atom stereocenters. The van der Waals surface area contributed by atoms with Crippen molar-refractivity contribution in [1.29, 1.82) is 0 Å². The maximum Gasteiger partial charge on any atom is 0.265 e. The van der Waals surface area contributed by atoms with Crippen LogP contribution in [0.2, 0.25) is 5.02 Å². The number of benzene rings is 2. The Hall–Kier alpha value is -2.79. The first-order chi connectivity index (χ1) is 11.5. The zero-order chi connectivity index (χ0) is 17.1. The van der Waals surface area contributed by atoms with Gasteiger partial charge in [-0.25, -0.2) is 0 Å². The maximum atomic E-state index is 12.3. The SMILES string of the molecule is C[C@@H](Oc1ccccc1)C(=O)Nc1cc2cc[nH]c(=O)c2cc1Cl. The number of pyridine rings is 1. The fourth-order valence-electron chi connectivity index (χ4n) is 2.30. The van der Waals surface area contributed by atoms with Gasteiger partial charge in [-0.2, -0.15) is 0 Å². The minimum Gasteiger partial charge on any atom is -0.481 e. The molecule has 0 aliphatic rings. The van der Waals surface area contributed by atoms with Gasteiger partial charge in [0.05, 0.1) is 10.7 Å². The number of para-hydroxylation sites is 1. The molecule has 0 aliphatic carbocycles. The number of aromatic nitrogens is 1. The van der Waals surface area contributed by atoms with Crippen LogP contribution in [0.4, 0.5) is 5.69 Å². The standard InChI is InChI=1S/C18H15ClN2O3/c1-11(24-13-5-3-2-4-6-13)17(22)21-16-9-12-7-8-20-18(23)14(12)10-15(16)19/h2-11H,1H3,(H,20,23)(H,21,22)/t11-/m1/s1. The molecule has 2 N–H and O–H groups in total. The quantitative estimate of drug-likeness (QED) is 0.761. The van der Waals surface area contributed by atoms with Crippen molar-refractivity contribution in [2.75, 3.05) is 5.32 Å². The molecule has 1 heterocycles. The number of fused-ring (bicyclic) bond motifs is 1. The first-order valence-corrected chi connectivity index (χ1v) is 7.76. The lowest BCUT2D eigenvalue weighted by Gasteiger charge is -2.15. The number of anilines is 1. The van der Waals surface area contributed by atoms with E-state index in [9.17, 15) is 9.59 Å². The van der Waals surface area contributed by atoms with Gasteiger partial charge in [0, 0.05) is 11.6 Å². The smallest absolute Gasteiger partial charge is 0.265 e. The van der Waals surface area contributed by atoms with Crippen LogP contribution >= 0.6 is 11.6 Å². The molecule has 0 spiro atoms. The Morgan fingerprint density at radius 1 is 1.21 bits per heavy atom. The number of H-pyrrole nitrogens is 1. The normalized spacial score (nSPS) is 11.9. The van der Waals surface area contributed by atoms with Crippen molar-refractivity contribution < 1.29 is 9.53 Å². The van der Waals surface area contributed by atoms with Gasteiger partial charge in [0.15, 0.2) is 6.10 Å². The molecule has 24 heavy (non-hydrogen) atoms. The third-order valence-electron chi connectivity index (χ3n) is 3.54. The van der Waals surface area contributed by atoms with Crippen LogP contribution < -0.4 is 15.6 Å². The van der Waals surface area contributed by atoms with Crippen molar-refractivity contribution in [2.24, 2.45) is 0 Å². The molecule has 0 fully saturated rings. The molecule has 1 amide bonds. The summed E-state index contributed by atoms with van der Waals surface area (Å²) in [5.41, 5.74) is 0.205. The lowest BCUT2D eigenvalue weighted by molar-refractivity contribution is -0.122. The van der Waals surface area contributed by atoms with Crippen LogP contribution in [0.25, 0.3) is 10.8 Å². The van der Waals surface area contributed by atoms with E-state index in [-0.39, 0.29) is 11.5 Å². The average Bonchev–Trinajstić information content (AvgIpc) is 2.57. The second-order valence-corrected chi connectivity index (χ2v) is 5.70. The summed E-state index contributed by atoms with van der Waals surface area (Å²) in [4.78, 5) is 26.6. The van der Waals surface area contributed by atoms with E-state index < -0.39 is 6.10 Å². The van der Waals surface area contributed by atoms with Gasteiger partial charge in [0.2, 0.25) is 0 Å². The van der Waals surface area contributed by atoms with Crippen molar-refractivity contribution >= 4 is 34.0 Å². The van der Waals surface area contributed by atoms with Gasteiger partial charge >= 0.3 is 0 Å². The summed E-state index contributed by atoms with van der Waals surface area (Å²) < 4.78 is 5.58. The summed E-state index contributed by atoms with van der Waals surface area (Å²) in [6, 6.07) is 14.0. The molecule has 122 valence electrons. The molecule has 1 atom stereocenters. The lowest BCUT2D eigenvalue weighted by Crippen LogP contribution is -2.30. The average molecular weight is 343 g/mol. The van der Waals surface area contributed by atoms with Crippen molar-refractivity contribution in [2.45, 2.75) is 13.0 Å². The molecular formula is C18H15ClN2O3. The number of aromatic amines is 1. The monoisotopic (exact) mass is 342 g/mol. The van der Waals surface area contributed by atoms with E-state index in [4.69, 9.17) is 16.3 Å². The molecule has 6 heteroatoms. The number of halogens is 1. The fraction of sp³-hybridized carbons (Fsp3) is 0.111. The number of amides is 1. The Bertz CT molecular complexity index is 938. The molecule has 0 saturated carbocycles. The Labute approximate surface area is 143 Å². The first kappa shape index (κ1) is 16.1. The fourth-order valence-corrected chi connectivity index (χ4v) is 2.51. The molecule has 0 saturated heterocycles. The number of hydrogen-bond donors (Lipinski definition) is 2. The molecule has 3 aromatic rings. The van der Waals surface area contributed by atoms with Gasteiger partial charge in [-0.15, -0.1) is 0 Å². The maximum absolute atomic E-state index is 12.3. The molecule has 0 aliphatic heterocycles. The van der Waals surface area contributed by atoms with Gasteiger partial charge in [0.1, 0.15) is 5.75 Å². The summed E-state index contributed by atoms with van der Waals surface area (Å²) >= 11 is 6.18. The van der Waals surface area contributed by atoms with Crippen LogP contribution in [0.1, 0.15) is 6.92 Å². The third-order valence-corrected chi connectivity index (χ3v) is 3.86. The summed E-state index contributed by atoms with van der Waals surface area (Å²) in [6.45, 7) is 1.65. The van der Waals surface area contributed by atoms with Crippen molar-refractivity contribution in [1.82, 2.24) is 4.98 Å². The molecule has 0 radical (unpaired) electrons. The van der Waals surface area contributed by atoms with Crippen LogP contribution in [0.3, 0.4) is 0 Å². The Morgan fingerprint density at radius 2 is 1.96 bits per heavy atom. The Balaban J connectivity index is 1.80. The van der Waals surface area contributed by atoms with Crippen LogP contribution in [-0.2, 0) is 4.79 Å². The Morgan fingerprint density at radius 3 is 2.71 bits per heavy atom. The molecule has 2 aromatic carbocycles. The topological polar surface area (TPSA) is 71.2 Å². The van der Waals surface area contributed by atoms with E-state index >= 15 is 0 Å². The van der Waals surface area contributed by atoms with Crippen molar-refractivity contribution in [3.05, 3.63) is 70.1 Å². The predicted molar refractivity (Wildman–Crippen MR) is 94.7 cm³/mol. The number of rotatable bonds is 4. The van der Waals surface area contributed by atoms with Gasteiger partial charge < -0.3 is 15.0 Å². The number of nitrogens with one attached hydrogen (secondary N) is 2. The van der Waals surface area contributed by atoms with Crippen LogP contribution in [-0.4, -0.2) is 17.0 Å². The van der Waals surface area contributed by atoms with E-state index in [1.165, 1.54) is 6.07 Å². The van der Waals surface area contributed by atoms with Gasteiger partial charge in [0.25, 0.3) is 11.5 Å². The van der Waals surface area contributed by atoms with E-state index in [0.29, 0.717) is 27.2 Å². The molecule has 0 bridgehead atoms. The lowest BCUT2D eigenvalue weighted by atomic mass is 10.1. The third kappa shape index (κ3) is 3.41.